The minimum atomic E-state index is -0.973. The lowest BCUT2D eigenvalue weighted by Gasteiger charge is -2.09. The van der Waals surface area contributed by atoms with Crippen LogP contribution in [0.15, 0.2) is 36.4 Å². The summed E-state index contributed by atoms with van der Waals surface area (Å²) in [5, 5.41) is 13.4. The van der Waals surface area contributed by atoms with Crippen LogP contribution >= 0.6 is 0 Å². The first-order chi connectivity index (χ1) is 8.97. The maximum Gasteiger partial charge on any atom is 0.335 e. The fourth-order valence-electron chi connectivity index (χ4n) is 1.87. The zero-order valence-electron chi connectivity index (χ0n) is 10.8. The van der Waals surface area contributed by atoms with Crippen molar-refractivity contribution >= 4 is 22.6 Å². The van der Waals surface area contributed by atoms with Crippen molar-refractivity contribution in [3.05, 3.63) is 47.5 Å². The van der Waals surface area contributed by atoms with Crippen LogP contribution in [0.2, 0.25) is 0 Å². The number of rotatable bonds is 3. The molecule has 0 aromatic heterocycles. The second kappa shape index (κ2) is 5.10. The molecule has 4 nitrogen and oxygen atoms in total. The van der Waals surface area contributed by atoms with Gasteiger partial charge in [0.2, 0.25) is 0 Å². The van der Waals surface area contributed by atoms with E-state index in [2.05, 4.69) is 5.32 Å². The van der Waals surface area contributed by atoms with Crippen LogP contribution < -0.4 is 5.32 Å². The number of carbonyl (C=O) groups excluding carboxylic acids is 1. The van der Waals surface area contributed by atoms with E-state index in [4.69, 9.17) is 5.11 Å². The van der Waals surface area contributed by atoms with Gasteiger partial charge in [-0.1, -0.05) is 12.1 Å². The molecule has 0 atom stereocenters. The van der Waals surface area contributed by atoms with Gasteiger partial charge in [-0.25, -0.2) is 4.79 Å². The van der Waals surface area contributed by atoms with Gasteiger partial charge in [0, 0.05) is 11.6 Å². The van der Waals surface area contributed by atoms with Gasteiger partial charge in [-0.15, -0.1) is 0 Å². The summed E-state index contributed by atoms with van der Waals surface area (Å²) < 4.78 is 0. The molecule has 2 aromatic carbocycles. The summed E-state index contributed by atoms with van der Waals surface area (Å²) in [4.78, 5) is 22.8. The van der Waals surface area contributed by atoms with Crippen molar-refractivity contribution in [2.24, 2.45) is 0 Å². The summed E-state index contributed by atoms with van der Waals surface area (Å²) in [5.41, 5.74) is 0.748. The van der Waals surface area contributed by atoms with E-state index in [1.54, 1.807) is 30.3 Å². The van der Waals surface area contributed by atoms with E-state index in [0.717, 1.165) is 10.8 Å². The summed E-state index contributed by atoms with van der Waals surface area (Å²) in [5.74, 6) is -1.13. The fourth-order valence-corrected chi connectivity index (χ4v) is 1.87. The fraction of sp³-hybridized carbons (Fsp3) is 0.200. The molecule has 98 valence electrons. The molecule has 0 saturated carbocycles. The third kappa shape index (κ3) is 2.91. The number of amides is 1. The molecule has 0 bridgehead atoms. The molecule has 0 aliphatic heterocycles. The van der Waals surface area contributed by atoms with Crippen molar-refractivity contribution in [2.75, 3.05) is 0 Å². The van der Waals surface area contributed by atoms with Crippen molar-refractivity contribution in [1.29, 1.82) is 0 Å². The van der Waals surface area contributed by atoms with Crippen LogP contribution in [0.1, 0.15) is 34.6 Å². The highest BCUT2D eigenvalue weighted by Crippen LogP contribution is 2.18. The van der Waals surface area contributed by atoms with Gasteiger partial charge in [-0.05, 0) is 48.9 Å². The van der Waals surface area contributed by atoms with E-state index in [9.17, 15) is 9.59 Å². The first-order valence-electron chi connectivity index (χ1n) is 6.05. The quantitative estimate of drug-likeness (QED) is 0.888. The minimum absolute atomic E-state index is 0.0635. The molecule has 0 unspecified atom stereocenters. The summed E-state index contributed by atoms with van der Waals surface area (Å²) in [6, 6.07) is 10.2. The zero-order chi connectivity index (χ0) is 14.0. The molecule has 0 spiro atoms. The number of hydrogen-bond donors (Lipinski definition) is 2. The molecule has 4 heteroatoms. The van der Waals surface area contributed by atoms with Gasteiger partial charge in [0.25, 0.3) is 5.91 Å². The number of benzene rings is 2. The number of hydrogen-bond acceptors (Lipinski definition) is 2. The van der Waals surface area contributed by atoms with E-state index >= 15 is 0 Å². The molecular formula is C15H15NO3. The van der Waals surface area contributed by atoms with Gasteiger partial charge in [0.1, 0.15) is 0 Å². The molecule has 2 N–H and O–H groups in total. The molecule has 2 rings (SSSR count). The summed E-state index contributed by atoms with van der Waals surface area (Å²) >= 11 is 0. The SMILES string of the molecule is CC(C)NC(=O)c1ccc2ccc(C(=O)O)cc2c1. The Hall–Kier alpha value is -2.36. The van der Waals surface area contributed by atoms with E-state index in [1.165, 1.54) is 0 Å². The Bertz CT molecular complexity index is 647. The average Bonchev–Trinajstić information content (AvgIpc) is 2.36. The van der Waals surface area contributed by atoms with Crippen molar-refractivity contribution in [3.8, 4) is 0 Å². The van der Waals surface area contributed by atoms with Crippen LogP contribution in [-0.4, -0.2) is 23.0 Å². The molecule has 0 aliphatic rings. The minimum Gasteiger partial charge on any atom is -0.478 e. The number of carboxylic acids is 1. The highest BCUT2D eigenvalue weighted by atomic mass is 16.4. The van der Waals surface area contributed by atoms with Crippen LogP contribution in [0.25, 0.3) is 10.8 Å². The Balaban J connectivity index is 2.43. The summed E-state index contributed by atoms with van der Waals surface area (Å²) in [6.45, 7) is 3.78. The van der Waals surface area contributed by atoms with Crippen LogP contribution in [0.5, 0.6) is 0 Å². The van der Waals surface area contributed by atoms with E-state index < -0.39 is 5.97 Å². The van der Waals surface area contributed by atoms with E-state index in [-0.39, 0.29) is 17.5 Å². The predicted molar refractivity (Wildman–Crippen MR) is 73.5 cm³/mol. The van der Waals surface area contributed by atoms with Crippen LogP contribution in [-0.2, 0) is 0 Å². The third-order valence-electron chi connectivity index (χ3n) is 2.77. The Kier molecular flexibility index (Phi) is 3.51. The molecule has 19 heavy (non-hydrogen) atoms. The molecule has 0 aliphatic carbocycles. The normalized spacial score (nSPS) is 10.7. The lowest BCUT2D eigenvalue weighted by atomic mass is 10.0. The molecular weight excluding hydrogens is 242 g/mol. The average molecular weight is 257 g/mol. The Morgan fingerprint density at radius 3 is 2.16 bits per heavy atom. The second-order valence-electron chi connectivity index (χ2n) is 4.71. The van der Waals surface area contributed by atoms with Crippen molar-refractivity contribution in [2.45, 2.75) is 19.9 Å². The molecule has 1 amide bonds. The maximum absolute atomic E-state index is 11.9. The first kappa shape index (κ1) is 13.1. The van der Waals surface area contributed by atoms with Gasteiger partial charge in [0.05, 0.1) is 5.56 Å². The topological polar surface area (TPSA) is 66.4 Å². The molecule has 0 heterocycles. The van der Waals surface area contributed by atoms with Crippen molar-refractivity contribution < 1.29 is 14.7 Å². The van der Waals surface area contributed by atoms with E-state index in [0.29, 0.717) is 5.56 Å². The third-order valence-corrected chi connectivity index (χ3v) is 2.77. The number of aromatic carboxylic acids is 1. The second-order valence-corrected chi connectivity index (χ2v) is 4.71. The van der Waals surface area contributed by atoms with Gasteiger partial charge in [-0.2, -0.15) is 0 Å². The van der Waals surface area contributed by atoms with Crippen molar-refractivity contribution in [3.63, 3.8) is 0 Å². The van der Waals surface area contributed by atoms with Crippen LogP contribution in [0, 0.1) is 0 Å². The smallest absolute Gasteiger partial charge is 0.335 e. The van der Waals surface area contributed by atoms with E-state index in [1.807, 2.05) is 19.9 Å². The lowest BCUT2D eigenvalue weighted by molar-refractivity contribution is 0.0696. The molecule has 0 saturated heterocycles. The molecule has 2 aromatic rings. The highest BCUT2D eigenvalue weighted by Gasteiger charge is 2.09. The largest absolute Gasteiger partial charge is 0.478 e. The van der Waals surface area contributed by atoms with Crippen LogP contribution in [0.3, 0.4) is 0 Å². The van der Waals surface area contributed by atoms with Gasteiger partial charge in [0.15, 0.2) is 0 Å². The Morgan fingerprint density at radius 1 is 1.00 bits per heavy atom. The molecule has 0 radical (unpaired) electrons. The van der Waals surface area contributed by atoms with Gasteiger partial charge < -0.3 is 10.4 Å². The van der Waals surface area contributed by atoms with Crippen molar-refractivity contribution in [1.82, 2.24) is 5.32 Å². The summed E-state index contributed by atoms with van der Waals surface area (Å²) in [7, 11) is 0. The summed E-state index contributed by atoms with van der Waals surface area (Å²) in [6.07, 6.45) is 0. The highest BCUT2D eigenvalue weighted by molar-refractivity contribution is 6.00. The molecule has 0 fully saturated rings. The predicted octanol–water partition coefficient (Wildman–Crippen LogP) is 2.68. The van der Waals surface area contributed by atoms with Crippen LogP contribution in [0.4, 0.5) is 0 Å². The number of carbonyl (C=O) groups is 2. The monoisotopic (exact) mass is 257 g/mol. The number of fused-ring (bicyclic) bond motifs is 1. The number of carboxylic acid groups (broad SMARTS) is 1. The van der Waals surface area contributed by atoms with Gasteiger partial charge >= 0.3 is 5.97 Å². The zero-order valence-corrected chi connectivity index (χ0v) is 10.8. The standard InChI is InChI=1S/C15H15NO3/c1-9(2)16-14(17)11-5-3-10-4-6-12(15(18)19)8-13(10)7-11/h3-9H,1-2H3,(H,16,17)(H,18,19). The first-order valence-corrected chi connectivity index (χ1v) is 6.05. The Labute approximate surface area is 111 Å². The Morgan fingerprint density at radius 2 is 1.58 bits per heavy atom. The van der Waals surface area contributed by atoms with Gasteiger partial charge in [-0.3, -0.25) is 4.79 Å². The number of nitrogens with one attached hydrogen (secondary N) is 1. The maximum atomic E-state index is 11.9. The lowest BCUT2D eigenvalue weighted by Crippen LogP contribution is -2.29.